The molecule has 8 aromatic carbocycles. The zero-order valence-electron chi connectivity index (χ0n) is 28.8. The van der Waals surface area contributed by atoms with Crippen molar-refractivity contribution in [2.75, 3.05) is 17.4 Å². The highest BCUT2D eigenvalue weighted by Gasteiger charge is 2.34. The predicted molar refractivity (Wildman–Crippen MR) is 226 cm³/mol. The number of furan rings is 1. The van der Waals surface area contributed by atoms with Gasteiger partial charge < -0.3 is 9.32 Å². The lowest BCUT2D eigenvalue weighted by Gasteiger charge is -2.31. The van der Waals surface area contributed by atoms with E-state index in [0.29, 0.717) is 0 Å². The van der Waals surface area contributed by atoms with Crippen LogP contribution in [0.25, 0.3) is 75.1 Å². The molecule has 0 spiro atoms. The average molecular weight is 704 g/mol. The molecule has 52 heavy (non-hydrogen) atoms. The van der Waals surface area contributed by atoms with Crippen LogP contribution in [0.3, 0.4) is 0 Å². The molecular formula is C48H33NOS2. The molecule has 0 saturated heterocycles. The Kier molecular flexibility index (Phi) is 6.37. The van der Waals surface area contributed by atoms with Crippen molar-refractivity contribution in [2.45, 2.75) is 9.79 Å². The number of nitrogens with zero attached hydrogens (tertiary/aromatic N) is 1. The van der Waals surface area contributed by atoms with Crippen LogP contribution in [0.15, 0.2) is 178 Å². The molecule has 0 amide bonds. The molecule has 0 radical (unpaired) electrons. The molecule has 10 aromatic rings. The third kappa shape index (κ3) is 4.38. The normalized spacial score (nSPS) is 14.0. The third-order valence-corrected chi connectivity index (χ3v) is 15.0. The van der Waals surface area contributed by atoms with Crippen LogP contribution in [0, 0.1) is 0 Å². The molecule has 0 atom stereocenters. The number of para-hydroxylation sites is 1. The lowest BCUT2D eigenvalue weighted by atomic mass is 10.0. The van der Waals surface area contributed by atoms with Crippen molar-refractivity contribution in [3.8, 4) is 22.3 Å². The lowest BCUT2D eigenvalue weighted by molar-refractivity contribution is 0.669. The van der Waals surface area contributed by atoms with E-state index in [1.165, 1.54) is 63.0 Å². The van der Waals surface area contributed by atoms with Gasteiger partial charge >= 0.3 is 0 Å². The van der Waals surface area contributed by atoms with Gasteiger partial charge in [-0.25, -0.2) is 0 Å². The van der Waals surface area contributed by atoms with Crippen LogP contribution < -0.4 is 4.90 Å². The molecule has 2 aromatic heterocycles. The van der Waals surface area contributed by atoms with Crippen molar-refractivity contribution >= 4 is 91.3 Å². The van der Waals surface area contributed by atoms with Crippen molar-refractivity contribution in [3.63, 3.8) is 0 Å². The molecule has 0 bridgehead atoms. The number of anilines is 3. The van der Waals surface area contributed by atoms with Gasteiger partial charge in [0.1, 0.15) is 11.2 Å². The topological polar surface area (TPSA) is 16.4 Å². The van der Waals surface area contributed by atoms with E-state index >= 15 is 0 Å². The zero-order valence-corrected chi connectivity index (χ0v) is 30.4. The largest absolute Gasteiger partial charge is 0.456 e. The Morgan fingerprint density at radius 2 is 1.15 bits per heavy atom. The predicted octanol–water partition coefficient (Wildman–Crippen LogP) is 14.7. The van der Waals surface area contributed by atoms with Gasteiger partial charge in [-0.1, -0.05) is 97.1 Å². The minimum Gasteiger partial charge on any atom is -0.456 e. The molecule has 2 nitrogen and oxygen atoms in total. The standard InChI is InChI=1S/C48H33NOS2/c1-52(2)45-26-25-40-39-12-6-8-14-44(39)51-48(40)47(45)41-24-22-36(29-46(41)52)49(35-21-23-38-37-11-5-7-13-42(37)50-43(38)28-35)34-19-17-31(18-20-34)33-16-15-30-9-3-4-10-32(30)27-33/h3-29H,1-2H3. The Morgan fingerprint density at radius 1 is 0.481 bits per heavy atom. The van der Waals surface area contributed by atoms with Gasteiger partial charge in [-0.15, -0.1) is 11.3 Å². The first kappa shape index (κ1) is 29.9. The maximum absolute atomic E-state index is 6.42. The monoisotopic (exact) mass is 703 g/mol. The second-order valence-corrected chi connectivity index (χ2v) is 18.7. The fourth-order valence-electron chi connectivity index (χ4n) is 8.32. The zero-order chi connectivity index (χ0) is 34.6. The summed E-state index contributed by atoms with van der Waals surface area (Å²) in [4.78, 5) is 5.31. The Balaban J connectivity index is 1.08. The number of fused-ring (bicyclic) bond motifs is 11. The lowest BCUT2D eigenvalue weighted by Crippen LogP contribution is -2.10. The Labute approximate surface area is 307 Å². The van der Waals surface area contributed by atoms with E-state index in [0.717, 1.165) is 39.0 Å². The Bertz CT molecular complexity index is 3060. The van der Waals surface area contributed by atoms with Crippen molar-refractivity contribution < 1.29 is 4.42 Å². The molecule has 0 unspecified atom stereocenters. The summed E-state index contributed by atoms with van der Waals surface area (Å²) in [6.07, 6.45) is 4.92. The highest BCUT2D eigenvalue weighted by Crippen LogP contribution is 2.69. The molecule has 11 rings (SSSR count). The molecule has 0 fully saturated rings. The third-order valence-electron chi connectivity index (χ3n) is 10.9. The van der Waals surface area contributed by atoms with Crippen molar-refractivity contribution in [3.05, 3.63) is 164 Å². The molecule has 0 N–H and O–H groups in total. The summed E-state index contributed by atoms with van der Waals surface area (Å²) in [7, 11) is -1.27. The minimum absolute atomic E-state index is 0.892. The van der Waals surface area contributed by atoms with Gasteiger partial charge in [0.2, 0.25) is 0 Å². The van der Waals surface area contributed by atoms with Crippen LogP contribution >= 0.6 is 21.4 Å². The summed E-state index contributed by atoms with van der Waals surface area (Å²) in [5, 5.41) is 7.49. The first-order valence-corrected chi connectivity index (χ1v) is 20.9. The SMILES string of the molecule is CS1(C)c2cc(N(c3ccc(-c4ccc5ccccc5c4)cc3)c3ccc4c(c3)oc3ccccc34)ccc2-c2c1ccc1c2sc2ccccc21. The first-order valence-electron chi connectivity index (χ1n) is 17.6. The summed E-state index contributed by atoms with van der Waals surface area (Å²) in [5.41, 5.74) is 10.3. The van der Waals surface area contributed by atoms with E-state index in [-0.39, 0.29) is 0 Å². The maximum Gasteiger partial charge on any atom is 0.137 e. The van der Waals surface area contributed by atoms with Gasteiger partial charge in [0, 0.05) is 69.4 Å². The van der Waals surface area contributed by atoms with Gasteiger partial charge in [-0.2, -0.15) is 10.0 Å². The van der Waals surface area contributed by atoms with Gasteiger partial charge in [-0.05, 0) is 101 Å². The Hall–Kier alpha value is -5.81. The number of thiophene rings is 1. The van der Waals surface area contributed by atoms with E-state index in [1.54, 1.807) is 0 Å². The molecule has 1 aliphatic heterocycles. The second kappa shape index (κ2) is 11.1. The van der Waals surface area contributed by atoms with E-state index in [9.17, 15) is 0 Å². The molecule has 0 aliphatic carbocycles. The van der Waals surface area contributed by atoms with Gasteiger partial charge in [0.15, 0.2) is 0 Å². The number of hydrogen-bond donors (Lipinski definition) is 0. The average Bonchev–Trinajstić information content (AvgIpc) is 3.82. The van der Waals surface area contributed by atoms with Crippen LogP contribution in [-0.4, -0.2) is 12.5 Å². The summed E-state index contributed by atoms with van der Waals surface area (Å²) in [6, 6.07) is 60.0. The molecule has 248 valence electrons. The van der Waals surface area contributed by atoms with Crippen molar-refractivity contribution in [2.24, 2.45) is 0 Å². The molecule has 4 heteroatoms. The van der Waals surface area contributed by atoms with Crippen molar-refractivity contribution in [1.29, 1.82) is 0 Å². The smallest absolute Gasteiger partial charge is 0.137 e. The van der Waals surface area contributed by atoms with Crippen LogP contribution in [0.5, 0.6) is 0 Å². The molecular weight excluding hydrogens is 671 g/mol. The van der Waals surface area contributed by atoms with Crippen LogP contribution in [0.1, 0.15) is 0 Å². The van der Waals surface area contributed by atoms with E-state index in [4.69, 9.17) is 4.42 Å². The highest BCUT2D eigenvalue weighted by atomic mass is 32.3. The van der Waals surface area contributed by atoms with Crippen LogP contribution in [0.2, 0.25) is 0 Å². The summed E-state index contributed by atoms with van der Waals surface area (Å²) in [6.45, 7) is 0. The summed E-state index contributed by atoms with van der Waals surface area (Å²) >= 11 is 1.93. The van der Waals surface area contributed by atoms with E-state index in [2.05, 4.69) is 175 Å². The molecule has 1 aliphatic rings. The van der Waals surface area contributed by atoms with Crippen molar-refractivity contribution in [1.82, 2.24) is 0 Å². The minimum atomic E-state index is -1.27. The van der Waals surface area contributed by atoms with Crippen LogP contribution in [-0.2, 0) is 0 Å². The fourth-order valence-corrected chi connectivity index (χ4v) is 12.2. The summed E-state index contributed by atoms with van der Waals surface area (Å²) < 4.78 is 9.18. The second-order valence-electron chi connectivity index (χ2n) is 14.1. The first-order chi connectivity index (χ1) is 25.5. The van der Waals surface area contributed by atoms with E-state index in [1.807, 2.05) is 17.4 Å². The van der Waals surface area contributed by atoms with E-state index < -0.39 is 10.0 Å². The van der Waals surface area contributed by atoms with Crippen LogP contribution in [0.4, 0.5) is 17.1 Å². The maximum atomic E-state index is 6.42. The number of benzene rings is 8. The van der Waals surface area contributed by atoms with Gasteiger partial charge in [-0.3, -0.25) is 0 Å². The van der Waals surface area contributed by atoms with Gasteiger partial charge in [0.05, 0.1) is 0 Å². The summed E-state index contributed by atoms with van der Waals surface area (Å²) in [5.74, 6) is 0. The highest BCUT2D eigenvalue weighted by molar-refractivity contribution is 8.33. The quantitative estimate of drug-likeness (QED) is 0.181. The Morgan fingerprint density at radius 3 is 2.04 bits per heavy atom. The molecule has 0 saturated carbocycles. The number of hydrogen-bond acceptors (Lipinski definition) is 3. The molecule has 3 heterocycles. The fraction of sp³-hybridized carbons (Fsp3) is 0.0417. The van der Waals surface area contributed by atoms with Gasteiger partial charge in [0.25, 0.3) is 0 Å². The number of rotatable bonds is 4.